The summed E-state index contributed by atoms with van der Waals surface area (Å²) in [5.41, 5.74) is 8.52. The predicted molar refractivity (Wildman–Crippen MR) is 59.6 cm³/mol. The number of aryl methyl sites for hydroxylation is 2. The lowest BCUT2D eigenvalue weighted by Crippen LogP contribution is -2.05. The van der Waals surface area contributed by atoms with E-state index in [2.05, 4.69) is 15.1 Å². The van der Waals surface area contributed by atoms with Gasteiger partial charge in [0, 0.05) is 6.20 Å². The molecule has 2 rings (SSSR count). The van der Waals surface area contributed by atoms with E-state index in [0.29, 0.717) is 11.7 Å². The van der Waals surface area contributed by atoms with Crippen LogP contribution >= 0.6 is 0 Å². The van der Waals surface area contributed by atoms with Crippen LogP contribution in [0.3, 0.4) is 0 Å². The zero-order chi connectivity index (χ0) is 11.7. The average molecular weight is 218 g/mol. The molecular weight excluding hydrogens is 204 g/mol. The van der Waals surface area contributed by atoms with Crippen molar-refractivity contribution < 1.29 is 4.52 Å². The molecule has 84 valence electrons. The van der Waals surface area contributed by atoms with Crippen LogP contribution in [0.15, 0.2) is 16.8 Å². The van der Waals surface area contributed by atoms with Gasteiger partial charge in [0.15, 0.2) is 0 Å². The highest BCUT2D eigenvalue weighted by molar-refractivity contribution is 5.54. The van der Waals surface area contributed by atoms with E-state index in [1.165, 1.54) is 0 Å². The quantitative estimate of drug-likeness (QED) is 0.831. The van der Waals surface area contributed by atoms with E-state index in [1.54, 1.807) is 13.1 Å². The lowest BCUT2D eigenvalue weighted by atomic mass is 10.1. The lowest BCUT2D eigenvalue weighted by Gasteiger charge is -2.00. The maximum atomic E-state index is 5.65. The highest BCUT2D eigenvalue weighted by atomic mass is 16.5. The van der Waals surface area contributed by atoms with E-state index in [1.807, 2.05) is 19.9 Å². The minimum absolute atomic E-state index is 0.257. The van der Waals surface area contributed by atoms with Crippen LogP contribution in [0.2, 0.25) is 0 Å². The molecule has 1 unspecified atom stereocenters. The molecule has 2 heterocycles. The van der Waals surface area contributed by atoms with Gasteiger partial charge >= 0.3 is 0 Å². The summed E-state index contributed by atoms with van der Waals surface area (Å²) in [7, 11) is 0. The third-order valence-corrected chi connectivity index (χ3v) is 2.26. The fourth-order valence-electron chi connectivity index (χ4n) is 1.47. The van der Waals surface area contributed by atoms with Crippen LogP contribution in [-0.2, 0) is 0 Å². The second kappa shape index (κ2) is 4.02. The highest BCUT2D eigenvalue weighted by Crippen LogP contribution is 2.19. The van der Waals surface area contributed by atoms with Crippen molar-refractivity contribution in [1.82, 2.24) is 15.1 Å². The second-order valence-electron chi connectivity index (χ2n) is 3.92. The summed E-state index contributed by atoms with van der Waals surface area (Å²) < 4.78 is 5.04. The van der Waals surface area contributed by atoms with Gasteiger partial charge in [0.2, 0.25) is 11.7 Å². The summed E-state index contributed by atoms with van der Waals surface area (Å²) in [4.78, 5) is 8.50. The van der Waals surface area contributed by atoms with Crippen LogP contribution in [0.4, 0.5) is 0 Å². The van der Waals surface area contributed by atoms with Gasteiger partial charge in [-0.1, -0.05) is 11.2 Å². The van der Waals surface area contributed by atoms with Crippen LogP contribution in [0, 0.1) is 13.8 Å². The van der Waals surface area contributed by atoms with Crippen molar-refractivity contribution in [2.45, 2.75) is 26.8 Å². The van der Waals surface area contributed by atoms with Gasteiger partial charge < -0.3 is 10.3 Å². The Balaban J connectivity index is 2.42. The van der Waals surface area contributed by atoms with Crippen LogP contribution in [-0.4, -0.2) is 15.1 Å². The van der Waals surface area contributed by atoms with Crippen molar-refractivity contribution in [3.8, 4) is 11.5 Å². The van der Waals surface area contributed by atoms with Crippen molar-refractivity contribution in [3.05, 3.63) is 29.3 Å². The molecular formula is C11H14N4O. The molecule has 5 nitrogen and oxygen atoms in total. The first kappa shape index (κ1) is 10.8. The number of rotatable bonds is 2. The van der Waals surface area contributed by atoms with Gasteiger partial charge in [0.25, 0.3) is 0 Å². The number of pyridine rings is 1. The predicted octanol–water partition coefficient (Wildman–Crippen LogP) is 1.77. The molecule has 2 aromatic rings. The largest absolute Gasteiger partial charge is 0.337 e. The van der Waals surface area contributed by atoms with E-state index in [0.717, 1.165) is 16.8 Å². The molecule has 5 heteroatoms. The molecule has 0 aromatic carbocycles. The summed E-state index contributed by atoms with van der Waals surface area (Å²) in [6, 6.07) is 1.77. The Hall–Kier alpha value is -1.75. The Morgan fingerprint density at radius 3 is 2.69 bits per heavy atom. The van der Waals surface area contributed by atoms with Crippen molar-refractivity contribution >= 4 is 0 Å². The number of hydrogen-bond donors (Lipinski definition) is 1. The molecule has 2 N–H and O–H groups in total. The molecule has 0 spiro atoms. The molecule has 2 aromatic heterocycles. The van der Waals surface area contributed by atoms with Gasteiger partial charge in [-0.05, 0) is 31.9 Å². The Kier molecular flexibility index (Phi) is 2.70. The first-order valence-electron chi connectivity index (χ1n) is 5.10. The summed E-state index contributed by atoms with van der Waals surface area (Å²) >= 11 is 0. The molecule has 0 aliphatic heterocycles. The Morgan fingerprint density at radius 1 is 1.38 bits per heavy atom. The van der Waals surface area contributed by atoms with Gasteiger partial charge in [-0.25, -0.2) is 0 Å². The number of hydrogen-bond acceptors (Lipinski definition) is 5. The molecule has 0 amide bonds. The van der Waals surface area contributed by atoms with Crippen molar-refractivity contribution in [3.63, 3.8) is 0 Å². The number of nitrogens with two attached hydrogens (primary N) is 1. The molecule has 1 atom stereocenters. The van der Waals surface area contributed by atoms with Gasteiger partial charge in [0.05, 0.1) is 6.04 Å². The highest BCUT2D eigenvalue weighted by Gasteiger charge is 2.14. The molecule has 0 bridgehead atoms. The normalized spacial score (nSPS) is 12.8. The molecule has 0 radical (unpaired) electrons. The minimum atomic E-state index is -0.257. The van der Waals surface area contributed by atoms with Gasteiger partial charge in [-0.3, -0.25) is 4.98 Å². The van der Waals surface area contributed by atoms with Crippen LogP contribution in [0.25, 0.3) is 11.5 Å². The standard InChI is InChI=1S/C11H14N4O/c1-6-4-7(2)9(13-5-6)10-14-11(8(3)12)16-15-10/h4-5,8H,12H2,1-3H3. The molecule has 0 saturated carbocycles. The zero-order valence-electron chi connectivity index (χ0n) is 9.56. The fourth-order valence-corrected chi connectivity index (χ4v) is 1.47. The topological polar surface area (TPSA) is 77.8 Å². The zero-order valence-corrected chi connectivity index (χ0v) is 9.56. The monoisotopic (exact) mass is 218 g/mol. The molecule has 16 heavy (non-hydrogen) atoms. The molecule has 0 fully saturated rings. The van der Waals surface area contributed by atoms with Crippen LogP contribution < -0.4 is 5.73 Å². The number of aromatic nitrogens is 3. The van der Waals surface area contributed by atoms with E-state index < -0.39 is 0 Å². The van der Waals surface area contributed by atoms with Crippen molar-refractivity contribution in [2.75, 3.05) is 0 Å². The maximum absolute atomic E-state index is 5.65. The van der Waals surface area contributed by atoms with Gasteiger partial charge in [0.1, 0.15) is 5.69 Å². The van der Waals surface area contributed by atoms with E-state index in [4.69, 9.17) is 10.3 Å². The molecule has 0 saturated heterocycles. The van der Waals surface area contributed by atoms with E-state index >= 15 is 0 Å². The summed E-state index contributed by atoms with van der Waals surface area (Å²) in [5.74, 6) is 0.918. The maximum Gasteiger partial charge on any atom is 0.243 e. The summed E-state index contributed by atoms with van der Waals surface area (Å²) in [6.45, 7) is 5.76. The third-order valence-electron chi connectivity index (χ3n) is 2.26. The average Bonchev–Trinajstić information content (AvgIpc) is 2.66. The first-order chi connectivity index (χ1) is 7.58. The number of nitrogens with zero attached hydrogens (tertiary/aromatic N) is 3. The lowest BCUT2D eigenvalue weighted by molar-refractivity contribution is 0.362. The fraction of sp³-hybridized carbons (Fsp3) is 0.364. The Bertz CT molecular complexity index is 504. The second-order valence-corrected chi connectivity index (χ2v) is 3.92. The van der Waals surface area contributed by atoms with Gasteiger partial charge in [-0.15, -0.1) is 0 Å². The smallest absolute Gasteiger partial charge is 0.243 e. The first-order valence-corrected chi connectivity index (χ1v) is 5.10. The van der Waals surface area contributed by atoms with Crippen molar-refractivity contribution in [2.24, 2.45) is 5.73 Å². The van der Waals surface area contributed by atoms with Gasteiger partial charge in [-0.2, -0.15) is 4.98 Å². The molecule has 0 aliphatic carbocycles. The minimum Gasteiger partial charge on any atom is -0.337 e. The van der Waals surface area contributed by atoms with Crippen LogP contribution in [0.5, 0.6) is 0 Å². The third kappa shape index (κ3) is 1.94. The Morgan fingerprint density at radius 2 is 2.12 bits per heavy atom. The molecule has 0 aliphatic rings. The van der Waals surface area contributed by atoms with E-state index in [-0.39, 0.29) is 6.04 Å². The summed E-state index contributed by atoms with van der Waals surface area (Å²) in [6.07, 6.45) is 1.78. The Labute approximate surface area is 93.7 Å². The van der Waals surface area contributed by atoms with E-state index in [9.17, 15) is 0 Å². The van der Waals surface area contributed by atoms with Crippen LogP contribution in [0.1, 0.15) is 30.0 Å². The summed E-state index contributed by atoms with van der Waals surface area (Å²) in [5, 5.41) is 3.87. The van der Waals surface area contributed by atoms with Crippen molar-refractivity contribution in [1.29, 1.82) is 0 Å². The SMILES string of the molecule is Cc1cnc(-c2noc(C(C)N)n2)c(C)c1.